The molecule has 0 aromatic heterocycles. The Kier molecular flexibility index (Phi) is 4.99. The first-order valence-electron chi connectivity index (χ1n) is 7.21. The van der Waals surface area contributed by atoms with Crippen LogP contribution in [0.5, 0.6) is 0 Å². The first-order chi connectivity index (χ1) is 8.61. The summed E-state index contributed by atoms with van der Waals surface area (Å²) in [5, 5.41) is 3.05. The van der Waals surface area contributed by atoms with Gasteiger partial charge in [0, 0.05) is 30.5 Å². The van der Waals surface area contributed by atoms with Crippen LogP contribution in [0.3, 0.4) is 0 Å². The summed E-state index contributed by atoms with van der Waals surface area (Å²) in [7, 11) is 0. The molecule has 0 aliphatic carbocycles. The Morgan fingerprint density at radius 2 is 1.79 bits per heavy atom. The summed E-state index contributed by atoms with van der Waals surface area (Å²) in [5.41, 5.74) is -0.357. The molecule has 1 rings (SSSR count). The monoisotopic (exact) mass is 268 g/mol. The Hall–Kier alpha value is -1.06. The highest BCUT2D eigenvalue weighted by molar-refractivity contribution is 5.82. The van der Waals surface area contributed by atoms with Gasteiger partial charge < -0.3 is 10.2 Å². The Morgan fingerprint density at radius 1 is 1.21 bits per heavy atom. The zero-order chi connectivity index (χ0) is 14.8. The summed E-state index contributed by atoms with van der Waals surface area (Å²) in [4.78, 5) is 26.0. The van der Waals surface area contributed by atoms with Crippen LogP contribution in [-0.4, -0.2) is 35.8 Å². The summed E-state index contributed by atoms with van der Waals surface area (Å²) < 4.78 is 0. The molecule has 4 heteroatoms. The molecule has 2 amide bonds. The molecule has 2 atom stereocenters. The van der Waals surface area contributed by atoms with Gasteiger partial charge in [0.1, 0.15) is 0 Å². The lowest BCUT2D eigenvalue weighted by Crippen LogP contribution is -2.54. The van der Waals surface area contributed by atoms with E-state index in [9.17, 15) is 9.59 Å². The number of rotatable bonds is 2. The molecule has 0 radical (unpaired) electrons. The van der Waals surface area contributed by atoms with E-state index < -0.39 is 0 Å². The van der Waals surface area contributed by atoms with Gasteiger partial charge in [0.15, 0.2) is 0 Å². The number of hydrogen-bond acceptors (Lipinski definition) is 2. The topological polar surface area (TPSA) is 49.4 Å². The molecule has 1 saturated heterocycles. The van der Waals surface area contributed by atoms with Crippen molar-refractivity contribution in [2.75, 3.05) is 13.1 Å². The Morgan fingerprint density at radius 3 is 2.26 bits per heavy atom. The maximum absolute atomic E-state index is 12.3. The van der Waals surface area contributed by atoms with Gasteiger partial charge >= 0.3 is 0 Å². The van der Waals surface area contributed by atoms with Crippen molar-refractivity contribution >= 4 is 11.8 Å². The summed E-state index contributed by atoms with van der Waals surface area (Å²) >= 11 is 0. The number of carbonyl (C=O) groups excluding carboxylic acids is 2. The van der Waals surface area contributed by atoms with Crippen LogP contribution in [0, 0.1) is 17.3 Å². The average Bonchev–Trinajstić information content (AvgIpc) is 2.25. The molecule has 1 fully saturated rings. The van der Waals surface area contributed by atoms with Crippen molar-refractivity contribution in [1.82, 2.24) is 10.2 Å². The molecule has 1 aliphatic heterocycles. The van der Waals surface area contributed by atoms with Gasteiger partial charge in [0.2, 0.25) is 11.8 Å². The van der Waals surface area contributed by atoms with Gasteiger partial charge in [-0.05, 0) is 12.3 Å². The van der Waals surface area contributed by atoms with E-state index in [1.54, 1.807) is 0 Å². The summed E-state index contributed by atoms with van der Waals surface area (Å²) in [6, 6.07) is 0.0879. The minimum Gasteiger partial charge on any atom is -0.351 e. The fourth-order valence-electron chi connectivity index (χ4n) is 2.46. The molecule has 0 spiro atoms. The third-order valence-corrected chi connectivity index (χ3v) is 3.46. The highest BCUT2D eigenvalue weighted by Gasteiger charge is 2.33. The molecule has 1 heterocycles. The maximum Gasteiger partial charge on any atom is 0.228 e. The Balaban J connectivity index is 2.68. The average molecular weight is 268 g/mol. The second-order valence-corrected chi connectivity index (χ2v) is 7.16. The second kappa shape index (κ2) is 5.93. The minimum absolute atomic E-state index is 0.0102. The number of nitrogens with zero attached hydrogens (tertiary/aromatic N) is 1. The van der Waals surface area contributed by atoms with E-state index >= 15 is 0 Å². The molecule has 4 nitrogen and oxygen atoms in total. The van der Waals surface area contributed by atoms with E-state index in [4.69, 9.17) is 0 Å². The van der Waals surface area contributed by atoms with Gasteiger partial charge in [-0.1, -0.05) is 41.5 Å². The largest absolute Gasteiger partial charge is 0.351 e. The zero-order valence-corrected chi connectivity index (χ0v) is 13.1. The lowest BCUT2D eigenvalue weighted by atomic mass is 9.90. The van der Waals surface area contributed by atoms with Gasteiger partial charge in [-0.2, -0.15) is 0 Å². The summed E-state index contributed by atoms with van der Waals surface area (Å²) in [6.45, 7) is 13.2. The molecule has 1 N–H and O–H groups in total. The van der Waals surface area contributed by atoms with E-state index in [1.165, 1.54) is 0 Å². The van der Waals surface area contributed by atoms with E-state index in [1.807, 2.05) is 39.5 Å². The van der Waals surface area contributed by atoms with Crippen molar-refractivity contribution < 1.29 is 9.59 Å². The highest BCUT2D eigenvalue weighted by Crippen LogP contribution is 2.23. The summed E-state index contributed by atoms with van der Waals surface area (Å²) in [6.07, 6.45) is 0.951. The molecular weight excluding hydrogens is 240 g/mol. The van der Waals surface area contributed by atoms with E-state index in [2.05, 4.69) is 12.2 Å². The van der Waals surface area contributed by atoms with E-state index in [0.717, 1.165) is 13.0 Å². The fraction of sp³-hybridized carbons (Fsp3) is 0.867. The standard InChI is InChI=1S/C15H28N2O2/c1-10(2)13(18)16-12-7-11(3)8-17(9-12)14(19)15(4,5)6/h10-12H,7-9H2,1-6H3,(H,16,18). The van der Waals surface area contributed by atoms with Gasteiger partial charge in [-0.3, -0.25) is 9.59 Å². The van der Waals surface area contributed by atoms with Crippen LogP contribution in [0.25, 0.3) is 0 Å². The molecule has 19 heavy (non-hydrogen) atoms. The van der Waals surface area contributed by atoms with Gasteiger partial charge in [0.05, 0.1) is 0 Å². The predicted octanol–water partition coefficient (Wildman–Crippen LogP) is 2.04. The number of piperidine rings is 1. The van der Waals surface area contributed by atoms with Crippen molar-refractivity contribution in [2.24, 2.45) is 17.3 Å². The predicted molar refractivity (Wildman–Crippen MR) is 76.6 cm³/mol. The molecule has 110 valence electrons. The van der Waals surface area contributed by atoms with E-state index in [0.29, 0.717) is 12.5 Å². The zero-order valence-electron chi connectivity index (χ0n) is 13.1. The molecule has 0 saturated carbocycles. The fourth-order valence-corrected chi connectivity index (χ4v) is 2.46. The molecule has 1 aliphatic rings. The SMILES string of the molecule is CC1CC(NC(=O)C(C)C)CN(C(=O)C(C)(C)C)C1. The van der Waals surface area contributed by atoms with Gasteiger partial charge in [-0.15, -0.1) is 0 Å². The second-order valence-electron chi connectivity index (χ2n) is 7.16. The lowest BCUT2D eigenvalue weighted by molar-refractivity contribution is -0.142. The quantitative estimate of drug-likeness (QED) is 0.833. The van der Waals surface area contributed by atoms with Crippen molar-refractivity contribution in [3.8, 4) is 0 Å². The van der Waals surface area contributed by atoms with Crippen LogP contribution in [0.4, 0.5) is 0 Å². The normalized spacial score (nSPS) is 24.5. The smallest absolute Gasteiger partial charge is 0.228 e. The van der Waals surface area contributed by atoms with Crippen LogP contribution in [0.2, 0.25) is 0 Å². The molecule has 0 aromatic carbocycles. The highest BCUT2D eigenvalue weighted by atomic mass is 16.2. The van der Waals surface area contributed by atoms with Gasteiger partial charge in [0.25, 0.3) is 0 Å². The van der Waals surface area contributed by atoms with Crippen LogP contribution in [-0.2, 0) is 9.59 Å². The van der Waals surface area contributed by atoms with Crippen LogP contribution in [0.15, 0.2) is 0 Å². The molecule has 0 aromatic rings. The van der Waals surface area contributed by atoms with Gasteiger partial charge in [-0.25, -0.2) is 0 Å². The third-order valence-electron chi connectivity index (χ3n) is 3.46. The first kappa shape index (κ1) is 16.0. The van der Waals surface area contributed by atoms with Crippen molar-refractivity contribution in [3.05, 3.63) is 0 Å². The van der Waals surface area contributed by atoms with Crippen LogP contribution in [0.1, 0.15) is 48.0 Å². The first-order valence-corrected chi connectivity index (χ1v) is 7.21. The lowest BCUT2D eigenvalue weighted by Gasteiger charge is -2.39. The third kappa shape index (κ3) is 4.51. The molecular formula is C15H28N2O2. The van der Waals surface area contributed by atoms with Crippen molar-refractivity contribution in [3.63, 3.8) is 0 Å². The van der Waals surface area contributed by atoms with Crippen molar-refractivity contribution in [2.45, 2.75) is 54.0 Å². The number of amides is 2. The molecule has 0 bridgehead atoms. The maximum atomic E-state index is 12.3. The number of likely N-dealkylation sites (tertiary alicyclic amines) is 1. The number of hydrogen-bond donors (Lipinski definition) is 1. The van der Waals surface area contributed by atoms with Crippen molar-refractivity contribution in [1.29, 1.82) is 0 Å². The minimum atomic E-state index is -0.357. The van der Waals surface area contributed by atoms with Crippen LogP contribution < -0.4 is 5.32 Å². The van der Waals surface area contributed by atoms with Crippen LogP contribution >= 0.6 is 0 Å². The Bertz CT molecular complexity index is 345. The number of carbonyl (C=O) groups is 2. The van der Waals surface area contributed by atoms with E-state index in [-0.39, 0.29) is 29.2 Å². The Labute approximate surface area is 116 Å². The number of nitrogens with one attached hydrogen (secondary N) is 1. The summed E-state index contributed by atoms with van der Waals surface area (Å²) in [5.74, 6) is 0.659. The molecule has 2 unspecified atom stereocenters.